The molecule has 0 saturated carbocycles. The molecule has 1 rings (SSSR count). The van der Waals surface area contributed by atoms with E-state index < -0.39 is 0 Å². The topological polar surface area (TPSA) is 12.5 Å². The van der Waals surface area contributed by atoms with Crippen molar-refractivity contribution in [1.29, 1.82) is 0 Å². The summed E-state index contributed by atoms with van der Waals surface area (Å²) in [5.74, 6) is 0.718. The average Bonchev–Trinajstić information content (AvgIpc) is 2.03. The third-order valence-corrected chi connectivity index (χ3v) is 2.41. The van der Waals surface area contributed by atoms with Gasteiger partial charge in [-0.15, -0.1) is 0 Å². The minimum atomic E-state index is 0.408. The molecule has 1 aliphatic rings. The Kier molecular flexibility index (Phi) is 3.79. The molecular formula is C11H21NO. The van der Waals surface area contributed by atoms with Crippen molar-refractivity contribution in [3.8, 4) is 0 Å². The van der Waals surface area contributed by atoms with Gasteiger partial charge in [0.2, 0.25) is 0 Å². The maximum Gasteiger partial charge on any atom is 0.0753 e. The fraction of sp³-hybridized carbons (Fsp3) is 0.818. The van der Waals surface area contributed by atoms with Crippen LogP contribution in [0.3, 0.4) is 0 Å². The van der Waals surface area contributed by atoms with Gasteiger partial charge in [-0.2, -0.15) is 0 Å². The maximum absolute atomic E-state index is 5.69. The molecule has 13 heavy (non-hydrogen) atoms. The van der Waals surface area contributed by atoms with E-state index >= 15 is 0 Å². The van der Waals surface area contributed by atoms with E-state index in [1.165, 1.54) is 0 Å². The third-order valence-electron chi connectivity index (χ3n) is 2.41. The van der Waals surface area contributed by atoms with Crippen molar-refractivity contribution in [2.75, 3.05) is 19.7 Å². The van der Waals surface area contributed by atoms with Crippen LogP contribution in [0.15, 0.2) is 12.3 Å². The van der Waals surface area contributed by atoms with Crippen LogP contribution in [-0.4, -0.2) is 30.7 Å². The maximum atomic E-state index is 5.69. The lowest BCUT2D eigenvalue weighted by molar-refractivity contribution is -0.0260. The highest BCUT2D eigenvalue weighted by Crippen LogP contribution is 2.15. The molecular weight excluding hydrogens is 162 g/mol. The van der Waals surface area contributed by atoms with Crippen LogP contribution in [0.4, 0.5) is 0 Å². The van der Waals surface area contributed by atoms with Crippen LogP contribution in [0.5, 0.6) is 0 Å². The zero-order chi connectivity index (χ0) is 9.84. The molecule has 1 atom stereocenters. The molecule has 0 aromatic rings. The van der Waals surface area contributed by atoms with Gasteiger partial charge in [0.15, 0.2) is 0 Å². The van der Waals surface area contributed by atoms with E-state index in [0.29, 0.717) is 6.10 Å². The molecule has 1 fully saturated rings. The lowest BCUT2D eigenvalue weighted by Crippen LogP contribution is -2.41. The summed E-state index contributed by atoms with van der Waals surface area (Å²) in [6.07, 6.45) is 1.56. The molecule has 1 unspecified atom stereocenters. The molecule has 2 nitrogen and oxygen atoms in total. The fourth-order valence-corrected chi connectivity index (χ4v) is 1.73. The van der Waals surface area contributed by atoms with Gasteiger partial charge in [-0.3, -0.25) is 0 Å². The lowest BCUT2D eigenvalue weighted by atomic mass is 10.0. The molecule has 1 heterocycles. The van der Waals surface area contributed by atoms with Crippen molar-refractivity contribution in [2.24, 2.45) is 5.92 Å². The van der Waals surface area contributed by atoms with Gasteiger partial charge in [0.05, 0.1) is 12.7 Å². The molecule has 0 spiro atoms. The van der Waals surface area contributed by atoms with Gasteiger partial charge in [0, 0.05) is 18.8 Å². The summed E-state index contributed by atoms with van der Waals surface area (Å²) in [4.78, 5) is 2.32. The van der Waals surface area contributed by atoms with Crippen molar-refractivity contribution in [1.82, 2.24) is 4.90 Å². The van der Waals surface area contributed by atoms with E-state index in [1.807, 2.05) is 0 Å². The lowest BCUT2D eigenvalue weighted by Gasteiger charge is -2.35. The number of morpholine rings is 1. The van der Waals surface area contributed by atoms with Gasteiger partial charge in [-0.05, 0) is 19.3 Å². The van der Waals surface area contributed by atoms with Gasteiger partial charge >= 0.3 is 0 Å². The monoisotopic (exact) mass is 183 g/mol. The first-order valence-corrected chi connectivity index (χ1v) is 5.11. The Morgan fingerprint density at radius 3 is 2.85 bits per heavy atom. The smallest absolute Gasteiger partial charge is 0.0753 e. The molecule has 1 saturated heterocycles. The summed E-state index contributed by atoms with van der Waals surface area (Å²) >= 11 is 0. The number of ether oxygens (including phenoxy) is 1. The van der Waals surface area contributed by atoms with Crippen LogP contribution in [-0.2, 0) is 4.74 Å². The Balaban J connectivity index is 2.37. The van der Waals surface area contributed by atoms with Crippen molar-refractivity contribution in [3.05, 3.63) is 12.3 Å². The highest BCUT2D eigenvalue weighted by Gasteiger charge is 2.20. The van der Waals surface area contributed by atoms with E-state index in [4.69, 9.17) is 4.74 Å². The van der Waals surface area contributed by atoms with Gasteiger partial charge in [-0.25, -0.2) is 0 Å². The second-order valence-electron chi connectivity index (χ2n) is 4.30. The number of rotatable bonds is 3. The normalized spacial score (nSPS) is 23.7. The Bertz CT molecular complexity index is 177. The number of nitrogens with zero attached hydrogens (tertiary/aromatic N) is 1. The summed E-state index contributed by atoms with van der Waals surface area (Å²) in [6.45, 7) is 13.4. The van der Waals surface area contributed by atoms with Crippen molar-refractivity contribution >= 4 is 0 Å². The number of allylic oxidation sites excluding steroid dienone is 1. The summed E-state index contributed by atoms with van der Waals surface area (Å²) in [6, 6.07) is 0. The highest BCUT2D eigenvalue weighted by atomic mass is 16.5. The first-order chi connectivity index (χ1) is 6.09. The quantitative estimate of drug-likeness (QED) is 0.665. The fourth-order valence-electron chi connectivity index (χ4n) is 1.73. The molecule has 76 valence electrons. The molecule has 0 amide bonds. The number of hydrogen-bond acceptors (Lipinski definition) is 2. The molecule has 1 aliphatic heterocycles. The van der Waals surface area contributed by atoms with Crippen LogP contribution in [0.1, 0.15) is 27.2 Å². The van der Waals surface area contributed by atoms with Crippen LogP contribution >= 0.6 is 0 Å². The van der Waals surface area contributed by atoms with Crippen LogP contribution < -0.4 is 0 Å². The highest BCUT2D eigenvalue weighted by molar-refractivity contribution is 4.91. The molecule has 0 N–H and O–H groups in total. The zero-order valence-electron chi connectivity index (χ0n) is 9.05. The van der Waals surface area contributed by atoms with E-state index in [9.17, 15) is 0 Å². The SMILES string of the molecule is C=C(C)N1CCOC(CC(C)C)C1. The largest absolute Gasteiger partial charge is 0.375 e. The molecule has 0 bridgehead atoms. The predicted octanol–water partition coefficient (Wildman–Crippen LogP) is 2.27. The van der Waals surface area contributed by atoms with Gasteiger partial charge in [-0.1, -0.05) is 20.4 Å². The molecule has 0 aliphatic carbocycles. The van der Waals surface area contributed by atoms with E-state index in [2.05, 4.69) is 32.3 Å². The second kappa shape index (κ2) is 4.66. The van der Waals surface area contributed by atoms with Crippen LogP contribution in [0.2, 0.25) is 0 Å². The second-order valence-corrected chi connectivity index (χ2v) is 4.30. The Morgan fingerprint density at radius 2 is 2.31 bits per heavy atom. The van der Waals surface area contributed by atoms with Gasteiger partial charge < -0.3 is 9.64 Å². The van der Waals surface area contributed by atoms with E-state index in [0.717, 1.165) is 37.7 Å². The molecule has 0 aromatic heterocycles. The first kappa shape index (κ1) is 10.6. The van der Waals surface area contributed by atoms with Gasteiger partial charge in [0.25, 0.3) is 0 Å². The zero-order valence-corrected chi connectivity index (χ0v) is 9.05. The van der Waals surface area contributed by atoms with E-state index in [-0.39, 0.29) is 0 Å². The molecule has 0 aromatic carbocycles. The Hall–Kier alpha value is -0.500. The van der Waals surface area contributed by atoms with Crippen LogP contribution in [0, 0.1) is 5.92 Å². The third kappa shape index (κ3) is 3.39. The summed E-state index contributed by atoms with van der Waals surface area (Å²) in [5.41, 5.74) is 1.16. The van der Waals surface area contributed by atoms with Crippen molar-refractivity contribution in [2.45, 2.75) is 33.3 Å². The Labute approximate surface area is 81.6 Å². The van der Waals surface area contributed by atoms with Crippen molar-refractivity contribution < 1.29 is 4.74 Å². The standard InChI is InChI=1S/C11H21NO/c1-9(2)7-11-8-12(10(3)4)5-6-13-11/h9,11H,3,5-8H2,1-2,4H3. The predicted molar refractivity (Wildman–Crippen MR) is 55.6 cm³/mol. The molecule has 2 heteroatoms. The van der Waals surface area contributed by atoms with E-state index in [1.54, 1.807) is 0 Å². The minimum Gasteiger partial charge on any atom is -0.375 e. The van der Waals surface area contributed by atoms with Crippen LogP contribution in [0.25, 0.3) is 0 Å². The summed E-state index contributed by atoms with van der Waals surface area (Å²) in [7, 11) is 0. The van der Waals surface area contributed by atoms with Crippen molar-refractivity contribution in [3.63, 3.8) is 0 Å². The van der Waals surface area contributed by atoms with Gasteiger partial charge in [0.1, 0.15) is 0 Å². The first-order valence-electron chi connectivity index (χ1n) is 5.11. The Morgan fingerprint density at radius 1 is 1.62 bits per heavy atom. The minimum absolute atomic E-state index is 0.408. The number of hydrogen-bond donors (Lipinski definition) is 0. The summed E-state index contributed by atoms with van der Waals surface area (Å²) in [5, 5.41) is 0. The summed E-state index contributed by atoms with van der Waals surface area (Å²) < 4.78 is 5.69. The average molecular weight is 183 g/mol. The molecule has 0 radical (unpaired) electrons.